The highest BCUT2D eigenvalue weighted by Crippen LogP contribution is 2.38. The fourth-order valence-corrected chi connectivity index (χ4v) is 2.25. The zero-order valence-corrected chi connectivity index (χ0v) is 13.8. The molecule has 116 valence electrons. The lowest BCUT2D eigenvalue weighted by Crippen LogP contribution is -2.41. The number of benzene rings is 1. The van der Waals surface area contributed by atoms with Crippen molar-refractivity contribution >= 4 is 13.2 Å². The quantitative estimate of drug-likeness (QED) is 0.872. The molecule has 1 saturated heterocycles. The molecule has 0 saturated carbocycles. The number of aliphatic hydroxyl groups excluding tert-OH is 1. The molecule has 1 aliphatic heterocycles. The molecule has 0 bridgehead atoms. The summed E-state index contributed by atoms with van der Waals surface area (Å²) in [5, 5.41) is 18.7. The molecule has 4 nitrogen and oxygen atoms in total. The summed E-state index contributed by atoms with van der Waals surface area (Å²) < 4.78 is 11.9. The molecule has 2 rings (SSSR count). The average molecular weight is 299 g/mol. The van der Waals surface area contributed by atoms with E-state index in [0.717, 1.165) is 11.1 Å². The number of rotatable bonds is 3. The first-order valence-corrected chi connectivity index (χ1v) is 7.38. The van der Waals surface area contributed by atoms with E-state index in [0.29, 0.717) is 11.0 Å². The summed E-state index contributed by atoms with van der Waals surface area (Å²) in [5.41, 5.74) is 2.25. The predicted octanol–water partition coefficient (Wildman–Crippen LogP) is 2.87. The van der Waals surface area contributed by atoms with Crippen LogP contribution in [0.15, 0.2) is 23.7 Å². The molecule has 1 fully saturated rings. The molecule has 5 heteroatoms. The van der Waals surface area contributed by atoms with Gasteiger partial charge in [-0.2, -0.15) is 5.26 Å². The number of hydrogen-bond acceptors (Lipinski definition) is 4. The van der Waals surface area contributed by atoms with E-state index in [1.54, 1.807) is 12.1 Å². The van der Waals surface area contributed by atoms with Crippen LogP contribution in [0, 0.1) is 18.3 Å². The minimum absolute atomic E-state index is 0.160. The van der Waals surface area contributed by atoms with Crippen LogP contribution in [0.3, 0.4) is 0 Å². The third-order valence-corrected chi connectivity index (χ3v) is 4.49. The maximum atomic E-state index is 9.71. The van der Waals surface area contributed by atoms with Crippen LogP contribution in [0.4, 0.5) is 0 Å². The maximum Gasteiger partial charge on any atom is 0.492 e. The number of aliphatic hydroxyl groups is 1. The molecule has 0 radical (unpaired) electrons. The second kappa shape index (κ2) is 5.88. The summed E-state index contributed by atoms with van der Waals surface area (Å²) in [5.74, 6) is 0. The Labute approximate surface area is 132 Å². The summed E-state index contributed by atoms with van der Waals surface area (Å²) in [6.45, 7) is 9.71. The van der Waals surface area contributed by atoms with Crippen LogP contribution in [-0.2, 0) is 9.31 Å². The molecule has 0 atom stereocenters. The van der Waals surface area contributed by atoms with Gasteiger partial charge < -0.3 is 14.4 Å². The lowest BCUT2D eigenvalue weighted by Gasteiger charge is -2.32. The van der Waals surface area contributed by atoms with Crippen molar-refractivity contribution in [1.82, 2.24) is 0 Å². The van der Waals surface area contributed by atoms with Gasteiger partial charge in [0.1, 0.15) is 0 Å². The van der Waals surface area contributed by atoms with Crippen LogP contribution in [0.2, 0.25) is 0 Å². The van der Waals surface area contributed by atoms with Crippen molar-refractivity contribution in [2.75, 3.05) is 6.61 Å². The highest BCUT2D eigenvalue weighted by atomic mass is 16.7. The molecule has 22 heavy (non-hydrogen) atoms. The van der Waals surface area contributed by atoms with Gasteiger partial charge in [-0.3, -0.25) is 0 Å². The molecule has 1 aromatic rings. The molecule has 1 aliphatic rings. The fourth-order valence-electron chi connectivity index (χ4n) is 2.25. The van der Waals surface area contributed by atoms with Gasteiger partial charge in [-0.1, -0.05) is 12.1 Å². The first kappa shape index (κ1) is 16.8. The summed E-state index contributed by atoms with van der Waals surface area (Å²) in [6.07, 6.45) is 1.85. The van der Waals surface area contributed by atoms with Crippen LogP contribution >= 0.6 is 0 Å². The van der Waals surface area contributed by atoms with E-state index < -0.39 is 18.3 Å². The third-order valence-electron chi connectivity index (χ3n) is 4.49. The molecule has 0 unspecified atom stereocenters. The minimum Gasteiger partial charge on any atom is -0.400 e. The minimum atomic E-state index is -0.583. The Morgan fingerprint density at radius 3 is 2.36 bits per heavy atom. The second-order valence-electron chi connectivity index (χ2n) is 6.65. The highest BCUT2D eigenvalue weighted by molar-refractivity contribution is 6.55. The van der Waals surface area contributed by atoms with Crippen LogP contribution in [-0.4, -0.2) is 30.0 Å². The molecular formula is C17H22BNO3. The number of nitrogens with zero attached hydrogens (tertiary/aromatic N) is 1. The van der Waals surface area contributed by atoms with E-state index >= 15 is 0 Å². The van der Waals surface area contributed by atoms with E-state index in [9.17, 15) is 5.11 Å². The zero-order valence-electron chi connectivity index (χ0n) is 13.8. The zero-order chi connectivity index (χ0) is 16.5. The first-order valence-electron chi connectivity index (χ1n) is 7.38. The normalized spacial score (nSPS) is 20.0. The van der Waals surface area contributed by atoms with Gasteiger partial charge in [0, 0.05) is 0 Å². The van der Waals surface area contributed by atoms with Crippen LogP contribution < -0.4 is 0 Å². The largest absolute Gasteiger partial charge is 0.492 e. The molecule has 0 aliphatic carbocycles. The van der Waals surface area contributed by atoms with Gasteiger partial charge >= 0.3 is 7.12 Å². The summed E-state index contributed by atoms with van der Waals surface area (Å²) >= 11 is 0. The third kappa shape index (κ3) is 3.10. The summed E-state index contributed by atoms with van der Waals surface area (Å²) in [6, 6.07) is 7.60. The van der Waals surface area contributed by atoms with Crippen molar-refractivity contribution in [1.29, 1.82) is 5.26 Å². The summed E-state index contributed by atoms with van der Waals surface area (Å²) in [7, 11) is -0.583. The standard InChI is InChI=1S/C17H22BNO3/c1-12-6-7-13(10-19)8-14(12)9-15(11-20)18-21-16(2,3)17(4,5)22-18/h6-9,20H,11H2,1-5H3. The topological polar surface area (TPSA) is 62.5 Å². The monoisotopic (exact) mass is 299 g/mol. The van der Waals surface area contributed by atoms with E-state index in [1.807, 2.05) is 46.8 Å². The molecule has 1 aromatic carbocycles. The molecular weight excluding hydrogens is 277 g/mol. The number of aryl methyl sites for hydroxylation is 1. The molecule has 0 aromatic heterocycles. The maximum absolute atomic E-state index is 9.71. The van der Waals surface area contributed by atoms with E-state index in [1.165, 1.54) is 0 Å². The molecule has 1 heterocycles. The van der Waals surface area contributed by atoms with Gasteiger partial charge in [-0.05, 0) is 63.4 Å². The summed E-state index contributed by atoms with van der Waals surface area (Å²) in [4.78, 5) is 0. The van der Waals surface area contributed by atoms with E-state index in [2.05, 4.69) is 6.07 Å². The average Bonchev–Trinajstić information content (AvgIpc) is 2.66. The van der Waals surface area contributed by atoms with Gasteiger partial charge in [-0.25, -0.2) is 0 Å². The van der Waals surface area contributed by atoms with Crippen molar-refractivity contribution < 1.29 is 14.4 Å². The Hall–Kier alpha value is -1.61. The van der Waals surface area contributed by atoms with Crippen molar-refractivity contribution in [2.24, 2.45) is 0 Å². The first-order chi connectivity index (χ1) is 10.2. The van der Waals surface area contributed by atoms with Gasteiger partial charge in [-0.15, -0.1) is 0 Å². The van der Waals surface area contributed by atoms with Crippen molar-refractivity contribution in [3.8, 4) is 6.07 Å². The Bertz CT molecular complexity index is 628. The van der Waals surface area contributed by atoms with Gasteiger partial charge in [0.2, 0.25) is 0 Å². The van der Waals surface area contributed by atoms with Gasteiger partial charge in [0.05, 0.1) is 29.4 Å². The number of hydrogen-bond donors (Lipinski definition) is 1. The van der Waals surface area contributed by atoms with E-state index in [-0.39, 0.29) is 6.61 Å². The lowest BCUT2D eigenvalue weighted by molar-refractivity contribution is 0.00578. The van der Waals surface area contributed by atoms with Crippen LogP contribution in [0.25, 0.3) is 6.08 Å². The van der Waals surface area contributed by atoms with E-state index in [4.69, 9.17) is 14.6 Å². The predicted molar refractivity (Wildman–Crippen MR) is 87.0 cm³/mol. The van der Waals surface area contributed by atoms with Gasteiger partial charge in [0.25, 0.3) is 0 Å². The smallest absolute Gasteiger partial charge is 0.400 e. The second-order valence-corrected chi connectivity index (χ2v) is 6.65. The molecule has 0 amide bonds. The fraction of sp³-hybridized carbons (Fsp3) is 0.471. The SMILES string of the molecule is Cc1ccc(C#N)cc1C=C(CO)B1OC(C)(C)C(C)(C)O1. The Balaban J connectivity index is 2.36. The van der Waals surface area contributed by atoms with Crippen LogP contribution in [0.5, 0.6) is 0 Å². The van der Waals surface area contributed by atoms with Gasteiger partial charge in [0.15, 0.2) is 0 Å². The Kier molecular flexibility index (Phi) is 4.48. The number of nitriles is 1. The Morgan fingerprint density at radius 1 is 1.27 bits per heavy atom. The van der Waals surface area contributed by atoms with Crippen molar-refractivity contribution in [3.05, 3.63) is 40.4 Å². The Morgan fingerprint density at radius 2 is 1.86 bits per heavy atom. The highest BCUT2D eigenvalue weighted by Gasteiger charge is 2.52. The molecule has 1 N–H and O–H groups in total. The van der Waals surface area contributed by atoms with Crippen molar-refractivity contribution in [3.63, 3.8) is 0 Å². The van der Waals surface area contributed by atoms with Crippen molar-refractivity contribution in [2.45, 2.75) is 45.8 Å². The molecule has 0 spiro atoms. The lowest BCUT2D eigenvalue weighted by atomic mass is 9.77. The van der Waals surface area contributed by atoms with Crippen LogP contribution in [0.1, 0.15) is 44.4 Å².